The molecule has 0 unspecified atom stereocenters. The van der Waals surface area contributed by atoms with Gasteiger partial charge in [0.25, 0.3) is 0 Å². The molecular weight excluding hydrogens is 266 g/mol. The number of furan rings is 1. The zero-order valence-corrected chi connectivity index (χ0v) is 11.2. The summed E-state index contributed by atoms with van der Waals surface area (Å²) in [6.45, 7) is 3.11. The van der Waals surface area contributed by atoms with E-state index >= 15 is 0 Å². The summed E-state index contributed by atoms with van der Waals surface area (Å²) >= 11 is 5.98. The highest BCUT2D eigenvalue weighted by Crippen LogP contribution is 2.28. The Morgan fingerprint density at radius 2 is 2.16 bits per heavy atom. The van der Waals surface area contributed by atoms with Gasteiger partial charge in [0, 0.05) is 6.54 Å². The fourth-order valence-corrected chi connectivity index (χ4v) is 2.20. The highest BCUT2D eigenvalue weighted by molar-refractivity contribution is 6.34. The van der Waals surface area contributed by atoms with Crippen LogP contribution in [0.25, 0.3) is 0 Å². The minimum atomic E-state index is -1.03. The molecule has 0 atom stereocenters. The summed E-state index contributed by atoms with van der Waals surface area (Å²) in [6.07, 6.45) is 1.60. The number of aromatic carboxylic acids is 1. The second-order valence-electron chi connectivity index (χ2n) is 4.03. The van der Waals surface area contributed by atoms with Gasteiger partial charge >= 0.3 is 5.97 Å². The van der Waals surface area contributed by atoms with Crippen LogP contribution in [0.15, 0.2) is 41.0 Å². The first-order valence-corrected chi connectivity index (χ1v) is 6.30. The van der Waals surface area contributed by atoms with Gasteiger partial charge in [-0.3, -0.25) is 0 Å². The number of halogens is 1. The predicted octanol–water partition coefficient (Wildman–Crippen LogP) is 3.66. The number of carboxylic acids is 1. The Hall–Kier alpha value is -1.94. The van der Waals surface area contributed by atoms with Crippen LogP contribution in [0.1, 0.15) is 23.0 Å². The van der Waals surface area contributed by atoms with Crippen molar-refractivity contribution >= 4 is 23.3 Å². The number of carbonyl (C=O) groups is 1. The van der Waals surface area contributed by atoms with E-state index < -0.39 is 5.97 Å². The van der Waals surface area contributed by atoms with Crippen LogP contribution in [0.5, 0.6) is 0 Å². The predicted molar refractivity (Wildman–Crippen MR) is 73.8 cm³/mol. The lowest BCUT2D eigenvalue weighted by molar-refractivity contribution is 0.0697. The molecule has 0 radical (unpaired) electrons. The number of benzene rings is 1. The Morgan fingerprint density at radius 3 is 2.74 bits per heavy atom. The molecule has 2 rings (SSSR count). The molecule has 0 aliphatic rings. The Bertz CT molecular complexity index is 566. The van der Waals surface area contributed by atoms with E-state index in [1.807, 2.05) is 17.9 Å². The third-order valence-electron chi connectivity index (χ3n) is 2.85. The van der Waals surface area contributed by atoms with Crippen LogP contribution in [0.3, 0.4) is 0 Å². The largest absolute Gasteiger partial charge is 0.478 e. The molecule has 0 aliphatic carbocycles. The van der Waals surface area contributed by atoms with E-state index in [0.29, 0.717) is 18.8 Å². The van der Waals surface area contributed by atoms with Gasteiger partial charge in [-0.1, -0.05) is 17.7 Å². The van der Waals surface area contributed by atoms with E-state index in [4.69, 9.17) is 16.0 Å². The smallest absolute Gasteiger partial charge is 0.339 e. The minimum absolute atomic E-state index is 0.123. The summed E-state index contributed by atoms with van der Waals surface area (Å²) in [5.74, 6) is -0.253. The minimum Gasteiger partial charge on any atom is -0.478 e. The van der Waals surface area contributed by atoms with Crippen molar-refractivity contribution in [3.05, 3.63) is 52.9 Å². The number of hydrogen-bond acceptors (Lipinski definition) is 3. The molecule has 4 nitrogen and oxygen atoms in total. The molecule has 0 saturated heterocycles. The first-order chi connectivity index (χ1) is 9.13. The van der Waals surface area contributed by atoms with Crippen molar-refractivity contribution in [3.8, 4) is 0 Å². The third kappa shape index (κ3) is 2.90. The Kier molecular flexibility index (Phi) is 4.12. The zero-order chi connectivity index (χ0) is 13.8. The molecule has 19 heavy (non-hydrogen) atoms. The number of nitrogens with zero attached hydrogens (tertiary/aromatic N) is 1. The van der Waals surface area contributed by atoms with E-state index in [2.05, 4.69) is 0 Å². The van der Waals surface area contributed by atoms with Crippen molar-refractivity contribution in [1.29, 1.82) is 0 Å². The van der Waals surface area contributed by atoms with Crippen LogP contribution >= 0.6 is 11.6 Å². The highest BCUT2D eigenvalue weighted by atomic mass is 35.5. The first-order valence-electron chi connectivity index (χ1n) is 5.92. The number of carboxylic acid groups (broad SMARTS) is 1. The lowest BCUT2D eigenvalue weighted by Gasteiger charge is -2.24. The molecule has 1 aromatic heterocycles. The fraction of sp³-hybridized carbons (Fsp3) is 0.214. The van der Waals surface area contributed by atoms with Gasteiger partial charge in [-0.2, -0.15) is 0 Å². The monoisotopic (exact) mass is 279 g/mol. The molecule has 1 heterocycles. The second-order valence-corrected chi connectivity index (χ2v) is 4.44. The van der Waals surface area contributed by atoms with Gasteiger partial charge in [-0.05, 0) is 31.2 Å². The van der Waals surface area contributed by atoms with Crippen LogP contribution in [-0.2, 0) is 6.54 Å². The van der Waals surface area contributed by atoms with Crippen molar-refractivity contribution in [3.63, 3.8) is 0 Å². The molecule has 0 bridgehead atoms. The molecule has 2 aromatic rings. The van der Waals surface area contributed by atoms with Gasteiger partial charge < -0.3 is 14.4 Å². The maximum Gasteiger partial charge on any atom is 0.339 e. The lowest BCUT2D eigenvalue weighted by Crippen LogP contribution is -2.24. The summed E-state index contributed by atoms with van der Waals surface area (Å²) in [5.41, 5.74) is 0.719. The van der Waals surface area contributed by atoms with Gasteiger partial charge in [0.2, 0.25) is 0 Å². The molecule has 0 aliphatic heterocycles. The summed E-state index contributed by atoms with van der Waals surface area (Å²) in [7, 11) is 0. The Morgan fingerprint density at radius 1 is 1.37 bits per heavy atom. The summed E-state index contributed by atoms with van der Waals surface area (Å²) in [6, 6.07) is 8.73. The van der Waals surface area contributed by atoms with Crippen molar-refractivity contribution in [1.82, 2.24) is 0 Å². The van der Waals surface area contributed by atoms with E-state index in [9.17, 15) is 9.90 Å². The Balaban J connectivity index is 2.38. The number of anilines is 1. The molecule has 0 saturated carbocycles. The van der Waals surface area contributed by atoms with E-state index in [0.717, 1.165) is 5.76 Å². The Labute approximate surface area is 116 Å². The van der Waals surface area contributed by atoms with Gasteiger partial charge in [0.05, 0.1) is 23.5 Å². The van der Waals surface area contributed by atoms with Crippen molar-refractivity contribution < 1.29 is 14.3 Å². The third-order valence-corrected chi connectivity index (χ3v) is 3.17. The molecule has 1 aromatic carbocycles. The van der Waals surface area contributed by atoms with Gasteiger partial charge in [0.15, 0.2) is 0 Å². The zero-order valence-electron chi connectivity index (χ0n) is 10.5. The van der Waals surface area contributed by atoms with Crippen LogP contribution in [0, 0.1) is 0 Å². The quantitative estimate of drug-likeness (QED) is 0.907. The van der Waals surface area contributed by atoms with Gasteiger partial charge in [0.1, 0.15) is 11.3 Å². The molecule has 5 heteroatoms. The highest BCUT2D eigenvalue weighted by Gasteiger charge is 2.19. The number of hydrogen-bond donors (Lipinski definition) is 1. The standard InChI is InChI=1S/C14H14ClNO3/c1-2-16(9-10-5-4-8-19-10)12-7-3-6-11(15)13(12)14(17)18/h3-8H,2,9H2,1H3,(H,17,18). The maximum absolute atomic E-state index is 11.3. The van der Waals surface area contributed by atoms with Crippen LogP contribution in [0.4, 0.5) is 5.69 Å². The average Bonchev–Trinajstić information content (AvgIpc) is 2.88. The molecule has 0 fully saturated rings. The van der Waals surface area contributed by atoms with Crippen LogP contribution < -0.4 is 4.90 Å². The average molecular weight is 280 g/mol. The second kappa shape index (κ2) is 5.80. The van der Waals surface area contributed by atoms with Gasteiger partial charge in [-0.15, -0.1) is 0 Å². The first kappa shape index (κ1) is 13.5. The van der Waals surface area contributed by atoms with Crippen LogP contribution in [0.2, 0.25) is 5.02 Å². The van der Waals surface area contributed by atoms with Gasteiger partial charge in [-0.25, -0.2) is 4.79 Å². The summed E-state index contributed by atoms with van der Waals surface area (Å²) in [5, 5.41) is 9.52. The molecule has 0 amide bonds. The molecule has 0 spiro atoms. The van der Waals surface area contributed by atoms with Crippen molar-refractivity contribution in [2.75, 3.05) is 11.4 Å². The van der Waals surface area contributed by atoms with Crippen molar-refractivity contribution in [2.24, 2.45) is 0 Å². The maximum atomic E-state index is 11.3. The topological polar surface area (TPSA) is 53.7 Å². The normalized spacial score (nSPS) is 10.4. The van der Waals surface area contributed by atoms with Crippen molar-refractivity contribution in [2.45, 2.75) is 13.5 Å². The fourth-order valence-electron chi connectivity index (χ4n) is 1.95. The SMILES string of the molecule is CCN(Cc1ccco1)c1cccc(Cl)c1C(=O)O. The van der Waals surface area contributed by atoms with E-state index in [-0.39, 0.29) is 10.6 Å². The lowest BCUT2D eigenvalue weighted by atomic mass is 10.1. The van der Waals surface area contributed by atoms with Crippen LogP contribution in [-0.4, -0.2) is 17.6 Å². The molecular formula is C14H14ClNO3. The van der Waals surface area contributed by atoms with E-state index in [1.165, 1.54) is 0 Å². The summed E-state index contributed by atoms with van der Waals surface area (Å²) in [4.78, 5) is 13.2. The molecule has 1 N–H and O–H groups in total. The molecule has 100 valence electrons. The van der Waals surface area contributed by atoms with E-state index in [1.54, 1.807) is 30.5 Å². The number of rotatable bonds is 5. The summed E-state index contributed by atoms with van der Waals surface area (Å²) < 4.78 is 5.30.